The Hall–Kier alpha value is -0.260. The van der Waals surface area contributed by atoms with Crippen molar-refractivity contribution in [3.63, 3.8) is 0 Å². The van der Waals surface area contributed by atoms with Crippen molar-refractivity contribution in [2.45, 2.75) is 86.0 Å². The van der Waals surface area contributed by atoms with E-state index in [2.05, 4.69) is 47.3 Å². The van der Waals surface area contributed by atoms with Crippen LogP contribution >= 0.6 is 0 Å². The molecule has 0 spiro atoms. The Morgan fingerprint density at radius 1 is 1.00 bits per heavy atom. The molecule has 0 nitrogen and oxygen atoms in total. The first-order chi connectivity index (χ1) is 9.08. The van der Waals surface area contributed by atoms with E-state index in [1.54, 1.807) is 0 Å². The van der Waals surface area contributed by atoms with E-state index in [4.69, 9.17) is 0 Å². The number of hydrogen-bond donors (Lipinski definition) is 0. The van der Waals surface area contributed by atoms with Crippen molar-refractivity contribution in [1.29, 1.82) is 0 Å². The summed E-state index contributed by atoms with van der Waals surface area (Å²) < 4.78 is 0. The molecule has 1 rings (SSSR count). The van der Waals surface area contributed by atoms with Gasteiger partial charge in [-0.2, -0.15) is 0 Å². The molecule has 0 N–H and O–H groups in total. The lowest BCUT2D eigenvalue weighted by atomic mass is 9.74. The molecule has 19 heavy (non-hydrogen) atoms. The molecule has 0 saturated heterocycles. The molecule has 0 aromatic carbocycles. The van der Waals surface area contributed by atoms with Crippen LogP contribution in [0.5, 0.6) is 0 Å². The molecule has 1 aliphatic rings. The number of rotatable bonds is 6. The Morgan fingerprint density at radius 3 is 1.95 bits per heavy atom. The normalized spacial score (nSPS) is 25.9. The van der Waals surface area contributed by atoms with Crippen molar-refractivity contribution in [3.8, 4) is 0 Å². The van der Waals surface area contributed by atoms with Crippen molar-refractivity contribution in [1.82, 2.24) is 0 Å². The van der Waals surface area contributed by atoms with Gasteiger partial charge in [-0.25, -0.2) is 0 Å². The van der Waals surface area contributed by atoms with Gasteiger partial charge in [-0.1, -0.05) is 66.4 Å². The highest BCUT2D eigenvalue weighted by atomic mass is 14.3. The van der Waals surface area contributed by atoms with Crippen molar-refractivity contribution < 1.29 is 0 Å². The monoisotopic (exact) mass is 266 g/mol. The van der Waals surface area contributed by atoms with Crippen LogP contribution in [0.2, 0.25) is 0 Å². The zero-order valence-corrected chi connectivity index (χ0v) is 14.3. The van der Waals surface area contributed by atoms with Crippen LogP contribution in [-0.2, 0) is 0 Å². The van der Waals surface area contributed by atoms with E-state index < -0.39 is 0 Å². The van der Waals surface area contributed by atoms with Gasteiger partial charge in [0, 0.05) is 0 Å². The maximum absolute atomic E-state index is 3.92. The minimum Gasteiger partial charge on any atom is -0.103 e. The van der Waals surface area contributed by atoms with Crippen LogP contribution in [0.3, 0.4) is 0 Å². The molecule has 2 unspecified atom stereocenters. The van der Waals surface area contributed by atoms with Gasteiger partial charge in [0.25, 0.3) is 0 Å². The third kappa shape index (κ3) is 8.50. The van der Waals surface area contributed by atoms with E-state index in [1.807, 2.05) is 0 Å². The summed E-state index contributed by atoms with van der Waals surface area (Å²) in [5.74, 6) is 3.69. The van der Waals surface area contributed by atoms with E-state index in [0.29, 0.717) is 0 Å². The fourth-order valence-electron chi connectivity index (χ4n) is 2.94. The van der Waals surface area contributed by atoms with Gasteiger partial charge in [0.05, 0.1) is 0 Å². The highest BCUT2D eigenvalue weighted by Gasteiger charge is 2.23. The predicted octanol–water partition coefficient (Wildman–Crippen LogP) is 6.86. The molecule has 0 heteroatoms. The van der Waals surface area contributed by atoms with Crippen LogP contribution in [0.15, 0.2) is 12.7 Å². The number of hydrogen-bond acceptors (Lipinski definition) is 0. The van der Waals surface area contributed by atoms with E-state index >= 15 is 0 Å². The highest BCUT2D eigenvalue weighted by Crippen LogP contribution is 2.36. The first-order valence-corrected chi connectivity index (χ1v) is 8.71. The van der Waals surface area contributed by atoms with Crippen LogP contribution < -0.4 is 0 Å². The average molecular weight is 267 g/mol. The van der Waals surface area contributed by atoms with Crippen molar-refractivity contribution in [2.24, 2.45) is 23.7 Å². The van der Waals surface area contributed by atoms with E-state index in [9.17, 15) is 0 Å². The highest BCUT2D eigenvalue weighted by molar-refractivity contribution is 4.85. The Morgan fingerprint density at radius 2 is 1.53 bits per heavy atom. The fourth-order valence-corrected chi connectivity index (χ4v) is 2.94. The van der Waals surface area contributed by atoms with Gasteiger partial charge in [-0.3, -0.25) is 0 Å². The van der Waals surface area contributed by atoms with Gasteiger partial charge >= 0.3 is 0 Å². The molecule has 0 heterocycles. The third-order valence-electron chi connectivity index (χ3n) is 4.77. The largest absolute Gasteiger partial charge is 0.103 e. The second-order valence-electron chi connectivity index (χ2n) is 6.69. The van der Waals surface area contributed by atoms with Crippen LogP contribution in [0.1, 0.15) is 86.0 Å². The summed E-state index contributed by atoms with van der Waals surface area (Å²) in [5, 5.41) is 0. The maximum Gasteiger partial charge on any atom is -0.0236 e. The molecule has 0 radical (unpaired) electrons. The Labute approximate surface area is 123 Å². The van der Waals surface area contributed by atoms with E-state index in [0.717, 1.165) is 23.7 Å². The Kier molecular flexibility index (Phi) is 11.4. The topological polar surface area (TPSA) is 0 Å². The summed E-state index contributed by atoms with van der Waals surface area (Å²) in [6.07, 6.45) is 13.3. The molecule has 0 bridgehead atoms. The molecule has 1 fully saturated rings. The first-order valence-electron chi connectivity index (χ1n) is 8.71. The van der Waals surface area contributed by atoms with Crippen molar-refractivity contribution in [2.75, 3.05) is 0 Å². The molecule has 0 aromatic heterocycles. The first kappa shape index (κ1) is 18.7. The fraction of sp³-hybridized carbons (Fsp3) is 0.895. The van der Waals surface area contributed by atoms with Crippen LogP contribution in [0, 0.1) is 23.7 Å². The Bertz CT molecular complexity index is 198. The number of allylic oxidation sites excluding steroid dienone is 1. The quantitative estimate of drug-likeness (QED) is 0.461. The second kappa shape index (κ2) is 11.6. The second-order valence-corrected chi connectivity index (χ2v) is 6.69. The predicted molar refractivity (Wildman–Crippen MR) is 89.5 cm³/mol. The lowest BCUT2D eigenvalue weighted by molar-refractivity contribution is 0.217. The van der Waals surface area contributed by atoms with Crippen LogP contribution in [-0.4, -0.2) is 0 Å². The lowest BCUT2D eigenvalue weighted by Gasteiger charge is -2.31. The van der Waals surface area contributed by atoms with Gasteiger partial charge in [0.1, 0.15) is 0 Å². The van der Waals surface area contributed by atoms with Crippen molar-refractivity contribution >= 4 is 0 Å². The Balaban J connectivity index is 0.000000982. The summed E-state index contributed by atoms with van der Waals surface area (Å²) in [5.41, 5.74) is 0. The van der Waals surface area contributed by atoms with E-state index in [-0.39, 0.29) is 0 Å². The average Bonchev–Trinajstić information content (AvgIpc) is 2.45. The molecule has 2 atom stereocenters. The summed E-state index contributed by atoms with van der Waals surface area (Å²) >= 11 is 0. The summed E-state index contributed by atoms with van der Waals surface area (Å²) in [7, 11) is 0. The molecule has 1 aliphatic carbocycles. The van der Waals surface area contributed by atoms with Crippen molar-refractivity contribution in [3.05, 3.63) is 12.7 Å². The van der Waals surface area contributed by atoms with Gasteiger partial charge in [0.15, 0.2) is 0 Å². The van der Waals surface area contributed by atoms with Crippen LogP contribution in [0.4, 0.5) is 0 Å². The standard InChI is InChI=1S/C16H30.C3H8/c1-5-13(3)7-8-14(4)16-11-9-15(6-2)10-12-16;1-3-2/h6,13-16H,2,5,7-12H2,1,3-4H3;3H2,1-2H3. The van der Waals surface area contributed by atoms with Gasteiger partial charge < -0.3 is 0 Å². The maximum atomic E-state index is 3.92. The van der Waals surface area contributed by atoms with Gasteiger partial charge in [-0.05, 0) is 49.4 Å². The smallest absolute Gasteiger partial charge is 0.0236 e. The minimum absolute atomic E-state index is 0.818. The molecule has 114 valence electrons. The molecular weight excluding hydrogens is 228 g/mol. The summed E-state index contributed by atoms with van der Waals surface area (Å²) in [6, 6.07) is 0. The van der Waals surface area contributed by atoms with E-state index in [1.165, 1.54) is 51.4 Å². The molecule has 0 aliphatic heterocycles. The zero-order chi connectivity index (χ0) is 14.7. The molecule has 1 saturated carbocycles. The zero-order valence-electron chi connectivity index (χ0n) is 14.3. The molecule has 0 aromatic rings. The van der Waals surface area contributed by atoms with Crippen LogP contribution in [0.25, 0.3) is 0 Å². The lowest BCUT2D eigenvalue weighted by Crippen LogP contribution is -2.19. The minimum atomic E-state index is 0.818. The molecule has 0 amide bonds. The SMILES string of the molecule is C=CC1CCC(C(C)CCC(C)CC)CC1.CCC. The van der Waals surface area contributed by atoms with Gasteiger partial charge in [0.2, 0.25) is 0 Å². The van der Waals surface area contributed by atoms with Gasteiger partial charge in [-0.15, -0.1) is 6.58 Å². The summed E-state index contributed by atoms with van der Waals surface area (Å²) in [6.45, 7) is 15.3. The molecular formula is C19H38. The summed E-state index contributed by atoms with van der Waals surface area (Å²) in [4.78, 5) is 0. The third-order valence-corrected chi connectivity index (χ3v) is 4.77.